The van der Waals surface area contributed by atoms with Crippen LogP contribution in [0.4, 0.5) is 34.4 Å². The van der Waals surface area contributed by atoms with Gasteiger partial charge in [-0.15, -0.1) is 0 Å². The fourth-order valence-corrected chi connectivity index (χ4v) is 4.30. The van der Waals surface area contributed by atoms with Gasteiger partial charge >= 0.3 is 0 Å². The average molecular weight is 493 g/mol. The molecule has 6 heteroatoms. The lowest BCUT2D eigenvalue weighted by Crippen LogP contribution is -2.17. The van der Waals surface area contributed by atoms with Crippen LogP contribution in [0.3, 0.4) is 0 Å². The molecule has 4 aromatic carbocycles. The highest BCUT2D eigenvalue weighted by Crippen LogP contribution is 2.39. The lowest BCUT2D eigenvalue weighted by Gasteiger charge is -2.28. The molecule has 0 saturated carbocycles. The van der Waals surface area contributed by atoms with Gasteiger partial charge in [0.25, 0.3) is 0 Å². The Labute approximate surface area is 221 Å². The van der Waals surface area contributed by atoms with Crippen LogP contribution < -0.4 is 9.80 Å². The first-order valence-electron chi connectivity index (χ1n) is 12.3. The molecule has 38 heavy (non-hydrogen) atoms. The Kier molecular flexibility index (Phi) is 6.51. The topological polar surface area (TPSA) is 58.0 Å². The number of benzene rings is 4. The number of nitrogens with zero attached hydrogens (tertiary/aromatic N) is 6. The fraction of sp³-hybridized carbons (Fsp3) is 0. The highest BCUT2D eigenvalue weighted by Gasteiger charge is 2.21. The van der Waals surface area contributed by atoms with Crippen molar-refractivity contribution in [1.29, 1.82) is 0 Å². The Bertz CT molecular complexity index is 1420. The standard InChI is InChI=1S/C32H24N6/c1-5-14-25(15-6-1)37(26-16-7-2-8-17-26)29-24-30(36-32(35-29)31-33-22-13-23-34-31)38(27-18-9-3-10-19-27)28-20-11-4-12-21-28/h1-24H. The molecular formula is C32H24N6. The van der Waals surface area contributed by atoms with Crippen molar-refractivity contribution in [3.8, 4) is 11.6 Å². The second-order valence-electron chi connectivity index (χ2n) is 8.49. The van der Waals surface area contributed by atoms with Crippen LogP contribution >= 0.6 is 0 Å². The molecule has 6 rings (SSSR count). The zero-order valence-corrected chi connectivity index (χ0v) is 20.5. The fourth-order valence-electron chi connectivity index (χ4n) is 4.30. The van der Waals surface area contributed by atoms with Crippen molar-refractivity contribution in [1.82, 2.24) is 19.9 Å². The molecule has 0 N–H and O–H groups in total. The number of anilines is 6. The maximum atomic E-state index is 4.99. The summed E-state index contributed by atoms with van der Waals surface area (Å²) in [6, 6.07) is 44.6. The van der Waals surface area contributed by atoms with Crippen molar-refractivity contribution in [2.24, 2.45) is 0 Å². The van der Waals surface area contributed by atoms with Crippen molar-refractivity contribution < 1.29 is 0 Å². The SMILES string of the molecule is c1ccc(N(c2ccccc2)c2cc(N(c3ccccc3)c3ccccc3)nc(-c3ncccn3)n2)cc1. The number of hydrogen-bond acceptors (Lipinski definition) is 6. The molecule has 0 atom stereocenters. The van der Waals surface area contributed by atoms with E-state index in [1.54, 1.807) is 18.5 Å². The quantitative estimate of drug-likeness (QED) is 0.226. The van der Waals surface area contributed by atoms with Gasteiger partial charge in [0.2, 0.25) is 5.82 Å². The van der Waals surface area contributed by atoms with Crippen LogP contribution in [-0.4, -0.2) is 19.9 Å². The third kappa shape index (κ3) is 4.83. The maximum absolute atomic E-state index is 4.99. The smallest absolute Gasteiger partial charge is 0.201 e. The minimum Gasteiger partial charge on any atom is -0.295 e. The molecule has 0 saturated heterocycles. The lowest BCUT2D eigenvalue weighted by molar-refractivity contribution is 1.04. The minimum atomic E-state index is 0.437. The van der Waals surface area contributed by atoms with Gasteiger partial charge in [0.1, 0.15) is 11.6 Å². The van der Waals surface area contributed by atoms with Crippen LogP contribution in [-0.2, 0) is 0 Å². The molecule has 2 aromatic heterocycles. The van der Waals surface area contributed by atoms with E-state index < -0.39 is 0 Å². The second-order valence-corrected chi connectivity index (χ2v) is 8.49. The molecule has 6 aromatic rings. The molecule has 0 radical (unpaired) electrons. The minimum absolute atomic E-state index is 0.437. The lowest BCUT2D eigenvalue weighted by atomic mass is 10.2. The van der Waals surface area contributed by atoms with E-state index in [0.717, 1.165) is 22.7 Å². The first-order valence-corrected chi connectivity index (χ1v) is 12.3. The third-order valence-electron chi connectivity index (χ3n) is 5.98. The van der Waals surface area contributed by atoms with Crippen LogP contribution in [0.2, 0.25) is 0 Å². The second kappa shape index (κ2) is 10.7. The molecule has 0 aliphatic rings. The molecule has 2 heterocycles. The Morgan fingerprint density at radius 3 is 1.05 bits per heavy atom. The molecule has 0 aliphatic heterocycles. The molecule has 182 valence electrons. The van der Waals surface area contributed by atoms with Crippen LogP contribution in [0.5, 0.6) is 0 Å². The van der Waals surface area contributed by atoms with E-state index in [1.165, 1.54) is 0 Å². The summed E-state index contributed by atoms with van der Waals surface area (Å²) in [6.07, 6.45) is 3.41. The van der Waals surface area contributed by atoms with Crippen molar-refractivity contribution in [2.75, 3.05) is 9.80 Å². The van der Waals surface area contributed by atoms with Gasteiger partial charge in [-0.3, -0.25) is 9.80 Å². The molecule has 6 nitrogen and oxygen atoms in total. The van der Waals surface area contributed by atoms with Gasteiger partial charge in [0.15, 0.2) is 5.82 Å². The summed E-state index contributed by atoms with van der Waals surface area (Å²) in [5.74, 6) is 2.29. The Hall–Kier alpha value is -5.36. The molecule has 0 bridgehead atoms. The monoisotopic (exact) mass is 492 g/mol. The van der Waals surface area contributed by atoms with E-state index in [9.17, 15) is 0 Å². The van der Waals surface area contributed by atoms with Crippen LogP contribution in [0, 0.1) is 0 Å². The van der Waals surface area contributed by atoms with Crippen molar-refractivity contribution >= 4 is 34.4 Å². The number of hydrogen-bond donors (Lipinski definition) is 0. The highest BCUT2D eigenvalue weighted by atomic mass is 15.3. The van der Waals surface area contributed by atoms with Crippen molar-refractivity contribution in [2.45, 2.75) is 0 Å². The summed E-state index contributed by atoms with van der Waals surface area (Å²) in [5, 5.41) is 0. The molecule has 0 spiro atoms. The summed E-state index contributed by atoms with van der Waals surface area (Å²) < 4.78 is 0. The van der Waals surface area contributed by atoms with Gasteiger partial charge in [-0.1, -0.05) is 72.8 Å². The van der Waals surface area contributed by atoms with Crippen LogP contribution in [0.15, 0.2) is 146 Å². The van der Waals surface area contributed by atoms with E-state index in [2.05, 4.69) is 68.3 Å². The Morgan fingerprint density at radius 2 is 0.711 bits per heavy atom. The highest BCUT2D eigenvalue weighted by molar-refractivity contribution is 5.80. The largest absolute Gasteiger partial charge is 0.295 e. The summed E-state index contributed by atoms with van der Waals surface area (Å²) >= 11 is 0. The summed E-state index contributed by atoms with van der Waals surface area (Å²) in [7, 11) is 0. The summed E-state index contributed by atoms with van der Waals surface area (Å²) in [5.41, 5.74) is 3.92. The predicted octanol–water partition coefficient (Wildman–Crippen LogP) is 7.87. The summed E-state index contributed by atoms with van der Waals surface area (Å²) in [6.45, 7) is 0. The van der Waals surface area contributed by atoms with Gasteiger partial charge in [-0.2, -0.15) is 0 Å². The van der Waals surface area contributed by atoms with Gasteiger partial charge in [-0.05, 0) is 54.6 Å². The first-order chi connectivity index (χ1) is 18.9. The zero-order chi connectivity index (χ0) is 25.6. The van der Waals surface area contributed by atoms with Crippen LogP contribution in [0.25, 0.3) is 11.6 Å². The van der Waals surface area contributed by atoms with E-state index in [0.29, 0.717) is 23.3 Å². The van der Waals surface area contributed by atoms with Gasteiger partial charge < -0.3 is 0 Å². The molecular weight excluding hydrogens is 468 g/mol. The Balaban J connectivity index is 1.61. The van der Waals surface area contributed by atoms with Crippen molar-refractivity contribution in [3.63, 3.8) is 0 Å². The summed E-state index contributed by atoms with van der Waals surface area (Å²) in [4.78, 5) is 23.1. The van der Waals surface area contributed by atoms with Gasteiger partial charge in [-0.25, -0.2) is 19.9 Å². The van der Waals surface area contributed by atoms with E-state index in [-0.39, 0.29) is 0 Å². The first kappa shape index (κ1) is 23.1. The van der Waals surface area contributed by atoms with Gasteiger partial charge in [0, 0.05) is 41.2 Å². The molecule has 0 aliphatic carbocycles. The van der Waals surface area contributed by atoms with E-state index in [4.69, 9.17) is 9.97 Å². The van der Waals surface area contributed by atoms with E-state index >= 15 is 0 Å². The molecule has 0 unspecified atom stereocenters. The number of rotatable bonds is 7. The van der Waals surface area contributed by atoms with E-state index in [1.807, 2.05) is 78.9 Å². The predicted molar refractivity (Wildman–Crippen MR) is 152 cm³/mol. The third-order valence-corrected chi connectivity index (χ3v) is 5.98. The zero-order valence-electron chi connectivity index (χ0n) is 20.5. The molecule has 0 amide bonds. The van der Waals surface area contributed by atoms with Gasteiger partial charge in [0.05, 0.1) is 0 Å². The number of aromatic nitrogens is 4. The molecule has 0 fully saturated rings. The Morgan fingerprint density at radius 1 is 0.368 bits per heavy atom. The van der Waals surface area contributed by atoms with Crippen molar-refractivity contribution in [3.05, 3.63) is 146 Å². The average Bonchev–Trinajstić information content (AvgIpc) is 3.00. The normalized spacial score (nSPS) is 10.6. The maximum Gasteiger partial charge on any atom is 0.201 e. The number of para-hydroxylation sites is 4. The van der Waals surface area contributed by atoms with Crippen LogP contribution in [0.1, 0.15) is 0 Å².